The highest BCUT2D eigenvalue weighted by Crippen LogP contribution is 2.30. The van der Waals surface area contributed by atoms with Gasteiger partial charge in [-0.1, -0.05) is 0 Å². The standard InChI is InChI=1S/C16H15BrN2O2/c1-21-15-7-6-10(8-12(15)17)16-18-9-11-13(19-16)4-2-3-5-14(11)20/h6-9H,2-5H2,1H3. The molecule has 0 spiro atoms. The van der Waals surface area contributed by atoms with Crippen LogP contribution in [0.1, 0.15) is 35.3 Å². The number of nitrogens with zero attached hydrogens (tertiary/aromatic N) is 2. The Morgan fingerprint density at radius 1 is 1.24 bits per heavy atom. The molecule has 3 rings (SSSR count). The number of methoxy groups -OCH3 is 1. The quantitative estimate of drug-likeness (QED) is 0.775. The van der Waals surface area contributed by atoms with Crippen molar-refractivity contribution in [2.75, 3.05) is 7.11 Å². The number of aromatic nitrogens is 2. The van der Waals surface area contributed by atoms with Crippen LogP contribution in [0.15, 0.2) is 28.9 Å². The Morgan fingerprint density at radius 3 is 2.81 bits per heavy atom. The lowest BCUT2D eigenvalue weighted by atomic mass is 10.1. The Kier molecular flexibility index (Phi) is 4.01. The molecular formula is C16H15BrN2O2. The van der Waals surface area contributed by atoms with E-state index in [-0.39, 0.29) is 5.78 Å². The number of carbonyl (C=O) groups excluding carboxylic acids is 1. The summed E-state index contributed by atoms with van der Waals surface area (Å²) in [6.07, 6.45) is 5.04. The average Bonchev–Trinajstić information content (AvgIpc) is 2.68. The first kappa shape index (κ1) is 14.2. The molecule has 2 aromatic rings. The van der Waals surface area contributed by atoms with Crippen LogP contribution in [0.4, 0.5) is 0 Å². The van der Waals surface area contributed by atoms with Gasteiger partial charge in [0, 0.05) is 18.2 Å². The second-order valence-electron chi connectivity index (χ2n) is 5.03. The van der Waals surface area contributed by atoms with E-state index in [9.17, 15) is 4.79 Å². The van der Waals surface area contributed by atoms with Crippen LogP contribution in [-0.2, 0) is 6.42 Å². The molecule has 5 heteroatoms. The Labute approximate surface area is 131 Å². The van der Waals surface area contributed by atoms with Crippen molar-refractivity contribution in [3.63, 3.8) is 0 Å². The Balaban J connectivity index is 2.02. The molecule has 0 bridgehead atoms. The van der Waals surface area contributed by atoms with E-state index < -0.39 is 0 Å². The van der Waals surface area contributed by atoms with Crippen molar-refractivity contribution in [2.24, 2.45) is 0 Å². The molecule has 0 fully saturated rings. The predicted octanol–water partition coefficient (Wildman–Crippen LogP) is 3.82. The number of Topliss-reactive ketones (excluding diaryl/α,β-unsaturated/α-hetero) is 1. The molecule has 1 aliphatic carbocycles. The highest BCUT2D eigenvalue weighted by Gasteiger charge is 2.18. The fraction of sp³-hybridized carbons (Fsp3) is 0.312. The second-order valence-corrected chi connectivity index (χ2v) is 5.89. The fourth-order valence-electron chi connectivity index (χ4n) is 2.50. The summed E-state index contributed by atoms with van der Waals surface area (Å²) in [5, 5.41) is 0. The number of hydrogen-bond acceptors (Lipinski definition) is 4. The van der Waals surface area contributed by atoms with Crippen molar-refractivity contribution in [3.8, 4) is 17.1 Å². The van der Waals surface area contributed by atoms with Crippen molar-refractivity contribution in [1.82, 2.24) is 9.97 Å². The summed E-state index contributed by atoms with van der Waals surface area (Å²) >= 11 is 3.47. The maximum atomic E-state index is 12.0. The second kappa shape index (κ2) is 5.93. The van der Waals surface area contributed by atoms with Crippen molar-refractivity contribution in [3.05, 3.63) is 40.1 Å². The van der Waals surface area contributed by atoms with Crippen molar-refractivity contribution < 1.29 is 9.53 Å². The summed E-state index contributed by atoms with van der Waals surface area (Å²) in [5.74, 6) is 1.57. The van der Waals surface area contributed by atoms with Gasteiger partial charge in [-0.25, -0.2) is 9.97 Å². The zero-order valence-corrected chi connectivity index (χ0v) is 13.3. The number of aryl methyl sites for hydroxylation is 1. The van der Waals surface area contributed by atoms with E-state index in [4.69, 9.17) is 4.74 Å². The highest BCUT2D eigenvalue weighted by atomic mass is 79.9. The van der Waals surface area contributed by atoms with Crippen LogP contribution in [0.25, 0.3) is 11.4 Å². The molecule has 0 radical (unpaired) electrons. The largest absolute Gasteiger partial charge is 0.496 e. The van der Waals surface area contributed by atoms with Gasteiger partial charge >= 0.3 is 0 Å². The number of ether oxygens (including phenoxy) is 1. The first-order valence-corrected chi connectivity index (χ1v) is 7.71. The molecular weight excluding hydrogens is 332 g/mol. The van der Waals surface area contributed by atoms with Gasteiger partial charge in [0.2, 0.25) is 0 Å². The van der Waals surface area contributed by atoms with Gasteiger partial charge in [0.15, 0.2) is 11.6 Å². The third-order valence-electron chi connectivity index (χ3n) is 3.65. The summed E-state index contributed by atoms with van der Waals surface area (Å²) in [6, 6.07) is 5.72. The third-order valence-corrected chi connectivity index (χ3v) is 4.27. The molecule has 0 aliphatic heterocycles. The fourth-order valence-corrected chi connectivity index (χ4v) is 3.04. The van der Waals surface area contributed by atoms with Gasteiger partial charge in [0.25, 0.3) is 0 Å². The summed E-state index contributed by atoms with van der Waals surface area (Å²) in [7, 11) is 1.63. The molecule has 4 nitrogen and oxygen atoms in total. The minimum Gasteiger partial charge on any atom is -0.496 e. The monoisotopic (exact) mass is 346 g/mol. The zero-order chi connectivity index (χ0) is 14.8. The lowest BCUT2D eigenvalue weighted by molar-refractivity contribution is 0.0981. The molecule has 1 aromatic heterocycles. The molecule has 0 amide bonds. The minimum atomic E-state index is 0.157. The van der Waals surface area contributed by atoms with E-state index in [0.29, 0.717) is 17.8 Å². The van der Waals surface area contributed by atoms with E-state index in [1.165, 1.54) is 0 Å². The molecule has 1 heterocycles. The van der Waals surface area contributed by atoms with Gasteiger partial charge in [-0.15, -0.1) is 0 Å². The van der Waals surface area contributed by atoms with Gasteiger partial charge in [0.1, 0.15) is 5.75 Å². The molecule has 0 N–H and O–H groups in total. The Bertz CT molecular complexity index is 701. The average molecular weight is 347 g/mol. The summed E-state index contributed by atoms with van der Waals surface area (Å²) in [5.41, 5.74) is 2.46. The molecule has 0 atom stereocenters. The van der Waals surface area contributed by atoms with Crippen LogP contribution in [-0.4, -0.2) is 22.9 Å². The summed E-state index contributed by atoms with van der Waals surface area (Å²) in [4.78, 5) is 20.9. The van der Waals surface area contributed by atoms with E-state index in [2.05, 4.69) is 25.9 Å². The molecule has 0 saturated carbocycles. The molecule has 0 unspecified atom stereocenters. The van der Waals surface area contributed by atoms with Gasteiger partial charge in [-0.3, -0.25) is 4.79 Å². The number of rotatable bonds is 2. The molecule has 21 heavy (non-hydrogen) atoms. The minimum absolute atomic E-state index is 0.157. The van der Waals surface area contributed by atoms with Crippen LogP contribution in [0.5, 0.6) is 5.75 Å². The predicted molar refractivity (Wildman–Crippen MR) is 83.6 cm³/mol. The summed E-state index contributed by atoms with van der Waals surface area (Å²) in [6.45, 7) is 0. The van der Waals surface area contributed by atoms with E-state index in [1.54, 1.807) is 13.3 Å². The number of fused-ring (bicyclic) bond motifs is 1. The lowest BCUT2D eigenvalue weighted by Crippen LogP contribution is -2.05. The normalized spacial score (nSPS) is 14.5. The smallest absolute Gasteiger partial charge is 0.166 e. The maximum absolute atomic E-state index is 12.0. The number of hydrogen-bond donors (Lipinski definition) is 0. The first-order chi connectivity index (χ1) is 10.2. The van der Waals surface area contributed by atoms with Crippen LogP contribution >= 0.6 is 15.9 Å². The van der Waals surface area contributed by atoms with Crippen LogP contribution in [0, 0.1) is 0 Å². The first-order valence-electron chi connectivity index (χ1n) is 6.92. The zero-order valence-electron chi connectivity index (χ0n) is 11.7. The van der Waals surface area contributed by atoms with Crippen LogP contribution < -0.4 is 4.74 Å². The Morgan fingerprint density at radius 2 is 2.05 bits per heavy atom. The number of halogens is 1. The summed E-state index contributed by atoms with van der Waals surface area (Å²) < 4.78 is 6.08. The van der Waals surface area contributed by atoms with Crippen molar-refractivity contribution >= 4 is 21.7 Å². The van der Waals surface area contributed by atoms with E-state index >= 15 is 0 Å². The number of ketones is 1. The van der Waals surface area contributed by atoms with Crippen LogP contribution in [0.2, 0.25) is 0 Å². The molecule has 1 aromatic carbocycles. The highest BCUT2D eigenvalue weighted by molar-refractivity contribution is 9.10. The van der Waals surface area contributed by atoms with Gasteiger partial charge in [-0.2, -0.15) is 0 Å². The van der Waals surface area contributed by atoms with Crippen LogP contribution in [0.3, 0.4) is 0 Å². The number of benzene rings is 1. The molecule has 0 saturated heterocycles. The van der Waals surface area contributed by atoms with Crippen molar-refractivity contribution in [1.29, 1.82) is 0 Å². The molecule has 1 aliphatic rings. The van der Waals surface area contributed by atoms with Crippen molar-refractivity contribution in [2.45, 2.75) is 25.7 Å². The topological polar surface area (TPSA) is 52.1 Å². The Hall–Kier alpha value is -1.75. The lowest BCUT2D eigenvalue weighted by Gasteiger charge is -2.08. The van der Waals surface area contributed by atoms with Gasteiger partial charge < -0.3 is 4.74 Å². The van der Waals surface area contributed by atoms with Gasteiger partial charge in [0.05, 0.1) is 22.8 Å². The van der Waals surface area contributed by atoms with E-state index in [0.717, 1.165) is 40.7 Å². The molecule has 108 valence electrons. The number of carbonyl (C=O) groups is 1. The maximum Gasteiger partial charge on any atom is 0.166 e. The third kappa shape index (κ3) is 2.83. The van der Waals surface area contributed by atoms with Gasteiger partial charge in [-0.05, 0) is 53.4 Å². The SMILES string of the molecule is COc1ccc(-c2ncc3c(n2)CCCCC3=O)cc1Br. The van der Waals surface area contributed by atoms with E-state index in [1.807, 2.05) is 18.2 Å².